The highest BCUT2D eigenvalue weighted by molar-refractivity contribution is 5.70. The molecule has 3 rings (SSSR count). The Hall–Kier alpha value is -2.62. The number of nitrogens with one attached hydrogen (secondary N) is 1. The van der Waals surface area contributed by atoms with Crippen molar-refractivity contribution in [2.45, 2.75) is 26.1 Å². The third-order valence-corrected chi connectivity index (χ3v) is 3.96. The van der Waals surface area contributed by atoms with Gasteiger partial charge in [-0.2, -0.15) is 5.26 Å². The Morgan fingerprint density at radius 3 is 2.68 bits per heavy atom. The lowest BCUT2D eigenvalue weighted by atomic mass is 10.0. The summed E-state index contributed by atoms with van der Waals surface area (Å²) in [5.74, 6) is 0.722. The van der Waals surface area contributed by atoms with Crippen LogP contribution in [0.4, 0.5) is 0 Å². The lowest BCUT2D eigenvalue weighted by Crippen LogP contribution is -2.26. The second-order valence-corrected chi connectivity index (χ2v) is 5.87. The number of rotatable bonds is 5. The summed E-state index contributed by atoms with van der Waals surface area (Å²) >= 11 is 0. The fraction of sp³-hybridized carbons (Fsp3) is 0.368. The highest BCUT2D eigenvalue weighted by Gasteiger charge is 2.14. The van der Waals surface area contributed by atoms with Gasteiger partial charge in [0.2, 0.25) is 0 Å². The molecule has 0 radical (unpaired) electrons. The summed E-state index contributed by atoms with van der Waals surface area (Å²) < 4.78 is 16.7. The molecule has 1 saturated heterocycles. The second-order valence-electron chi connectivity index (χ2n) is 5.87. The molecule has 1 fully saturated rings. The van der Waals surface area contributed by atoms with Crippen LogP contribution in [0.15, 0.2) is 35.1 Å². The van der Waals surface area contributed by atoms with E-state index in [9.17, 15) is 10.1 Å². The first-order chi connectivity index (χ1) is 12.2. The molecule has 2 aromatic rings. The molecule has 130 valence electrons. The Bertz CT molecular complexity index is 815. The Morgan fingerprint density at radius 1 is 1.28 bits per heavy atom. The summed E-state index contributed by atoms with van der Waals surface area (Å²) in [4.78, 5) is 14.5. The Kier molecular flexibility index (Phi) is 5.49. The van der Waals surface area contributed by atoms with Gasteiger partial charge in [0.25, 0.3) is 5.56 Å². The van der Waals surface area contributed by atoms with E-state index in [0.717, 1.165) is 30.9 Å². The molecule has 1 aromatic heterocycles. The number of H-pyrrole nitrogens is 1. The van der Waals surface area contributed by atoms with E-state index >= 15 is 0 Å². The monoisotopic (exact) mass is 340 g/mol. The maximum absolute atomic E-state index is 11.9. The number of aromatic nitrogens is 1. The number of benzene rings is 1. The van der Waals surface area contributed by atoms with Gasteiger partial charge in [0.05, 0.1) is 19.8 Å². The number of aromatic amines is 1. The molecule has 0 atom stereocenters. The van der Waals surface area contributed by atoms with Gasteiger partial charge in [0, 0.05) is 17.7 Å². The standard InChI is InChI=1S/C19H20N2O4/c1-13-11-16(17(12-20)19(22)21-13)14-3-5-15(6-4-14)23-10-7-18-24-8-2-9-25-18/h3-6,11,18H,2,7-10H2,1H3,(H,21,22). The molecule has 1 N–H and O–H groups in total. The second kappa shape index (κ2) is 7.97. The van der Waals surface area contributed by atoms with Crippen molar-refractivity contribution in [3.8, 4) is 22.9 Å². The van der Waals surface area contributed by atoms with Gasteiger partial charge >= 0.3 is 0 Å². The van der Waals surface area contributed by atoms with Crippen LogP contribution in [-0.2, 0) is 9.47 Å². The number of nitriles is 1. The number of hydrogen-bond acceptors (Lipinski definition) is 5. The van der Waals surface area contributed by atoms with E-state index < -0.39 is 0 Å². The topological polar surface area (TPSA) is 84.3 Å². The van der Waals surface area contributed by atoms with Gasteiger partial charge in [-0.05, 0) is 37.1 Å². The van der Waals surface area contributed by atoms with Crippen LogP contribution in [0.5, 0.6) is 5.75 Å². The minimum absolute atomic E-state index is 0.117. The van der Waals surface area contributed by atoms with Crippen molar-refractivity contribution in [1.29, 1.82) is 5.26 Å². The summed E-state index contributed by atoms with van der Waals surface area (Å²) in [7, 11) is 0. The zero-order valence-corrected chi connectivity index (χ0v) is 14.1. The van der Waals surface area contributed by atoms with Crippen LogP contribution in [-0.4, -0.2) is 31.1 Å². The number of aryl methyl sites for hydroxylation is 1. The minimum atomic E-state index is -0.370. The summed E-state index contributed by atoms with van der Waals surface area (Å²) in [5.41, 5.74) is 1.89. The third-order valence-electron chi connectivity index (χ3n) is 3.96. The van der Waals surface area contributed by atoms with Gasteiger partial charge in [-0.25, -0.2) is 0 Å². The molecule has 2 heterocycles. The first kappa shape index (κ1) is 17.2. The predicted octanol–water partition coefficient (Wildman–Crippen LogP) is 2.75. The average Bonchev–Trinajstić information content (AvgIpc) is 2.63. The van der Waals surface area contributed by atoms with Gasteiger partial charge in [-0.1, -0.05) is 12.1 Å². The minimum Gasteiger partial charge on any atom is -0.493 e. The molecule has 1 aromatic carbocycles. The predicted molar refractivity (Wildman–Crippen MR) is 92.4 cm³/mol. The SMILES string of the molecule is Cc1cc(-c2ccc(OCCC3OCCCO3)cc2)c(C#N)c(=O)[nH]1. The van der Waals surface area contributed by atoms with Crippen molar-refractivity contribution in [3.63, 3.8) is 0 Å². The maximum atomic E-state index is 11.9. The smallest absolute Gasteiger partial charge is 0.266 e. The van der Waals surface area contributed by atoms with Crippen molar-refractivity contribution in [2.75, 3.05) is 19.8 Å². The molecule has 0 bridgehead atoms. The normalized spacial score (nSPS) is 14.9. The highest BCUT2D eigenvalue weighted by Crippen LogP contribution is 2.24. The molecule has 0 spiro atoms. The van der Waals surface area contributed by atoms with Crippen molar-refractivity contribution in [3.05, 3.63) is 51.9 Å². The molecule has 6 heteroatoms. The van der Waals surface area contributed by atoms with Crippen LogP contribution in [0, 0.1) is 18.3 Å². The van der Waals surface area contributed by atoms with Crippen LogP contribution in [0.3, 0.4) is 0 Å². The van der Waals surface area contributed by atoms with Crippen LogP contribution >= 0.6 is 0 Å². The number of ether oxygens (including phenoxy) is 3. The van der Waals surface area contributed by atoms with Crippen LogP contribution in [0.2, 0.25) is 0 Å². The summed E-state index contributed by atoms with van der Waals surface area (Å²) in [5, 5.41) is 9.23. The number of pyridine rings is 1. The van der Waals surface area contributed by atoms with Gasteiger partial charge < -0.3 is 19.2 Å². The zero-order valence-electron chi connectivity index (χ0n) is 14.1. The Morgan fingerprint density at radius 2 is 2.00 bits per heavy atom. The van der Waals surface area contributed by atoms with E-state index in [2.05, 4.69) is 4.98 Å². The maximum Gasteiger partial charge on any atom is 0.266 e. The Balaban J connectivity index is 1.66. The molecule has 25 heavy (non-hydrogen) atoms. The summed E-state index contributed by atoms with van der Waals surface area (Å²) in [6.45, 7) is 3.75. The van der Waals surface area contributed by atoms with E-state index in [1.54, 1.807) is 13.0 Å². The van der Waals surface area contributed by atoms with Crippen LogP contribution < -0.4 is 10.3 Å². The first-order valence-corrected chi connectivity index (χ1v) is 8.28. The average molecular weight is 340 g/mol. The number of hydrogen-bond donors (Lipinski definition) is 1. The van der Waals surface area contributed by atoms with Crippen LogP contribution in [0.25, 0.3) is 11.1 Å². The lowest BCUT2D eigenvalue weighted by molar-refractivity contribution is -0.183. The quantitative estimate of drug-likeness (QED) is 0.905. The number of nitrogens with zero attached hydrogens (tertiary/aromatic N) is 1. The lowest BCUT2D eigenvalue weighted by Gasteiger charge is -2.23. The van der Waals surface area contributed by atoms with E-state index in [-0.39, 0.29) is 17.4 Å². The molecule has 0 unspecified atom stereocenters. The van der Waals surface area contributed by atoms with Crippen molar-refractivity contribution >= 4 is 0 Å². The highest BCUT2D eigenvalue weighted by atomic mass is 16.7. The van der Waals surface area contributed by atoms with Gasteiger partial charge in [-0.3, -0.25) is 4.79 Å². The van der Waals surface area contributed by atoms with Gasteiger partial charge in [0.15, 0.2) is 6.29 Å². The van der Waals surface area contributed by atoms with Gasteiger partial charge in [-0.15, -0.1) is 0 Å². The van der Waals surface area contributed by atoms with Crippen LogP contribution in [0.1, 0.15) is 24.1 Å². The Labute approximate surface area is 146 Å². The third kappa shape index (κ3) is 4.27. The molecule has 0 aliphatic carbocycles. The van der Waals surface area contributed by atoms with Crippen molar-refractivity contribution < 1.29 is 14.2 Å². The van der Waals surface area contributed by atoms with Crippen molar-refractivity contribution in [1.82, 2.24) is 4.98 Å². The summed E-state index contributed by atoms with van der Waals surface area (Å²) in [6, 6.07) is 11.1. The molecular formula is C19H20N2O4. The van der Waals surface area contributed by atoms with E-state index in [4.69, 9.17) is 14.2 Å². The molecule has 6 nitrogen and oxygen atoms in total. The van der Waals surface area contributed by atoms with Crippen molar-refractivity contribution in [2.24, 2.45) is 0 Å². The van der Waals surface area contributed by atoms with E-state index in [1.165, 1.54) is 0 Å². The molecule has 1 aliphatic rings. The van der Waals surface area contributed by atoms with E-state index in [0.29, 0.717) is 24.3 Å². The molecule has 0 saturated carbocycles. The summed E-state index contributed by atoms with van der Waals surface area (Å²) in [6.07, 6.45) is 1.42. The first-order valence-electron chi connectivity index (χ1n) is 8.28. The molecule has 1 aliphatic heterocycles. The fourth-order valence-corrected chi connectivity index (χ4v) is 2.73. The van der Waals surface area contributed by atoms with Gasteiger partial charge in [0.1, 0.15) is 17.4 Å². The molecular weight excluding hydrogens is 320 g/mol. The largest absolute Gasteiger partial charge is 0.493 e. The fourth-order valence-electron chi connectivity index (χ4n) is 2.73. The zero-order chi connectivity index (χ0) is 17.6. The molecule has 0 amide bonds. The van der Waals surface area contributed by atoms with E-state index in [1.807, 2.05) is 30.3 Å².